The van der Waals surface area contributed by atoms with E-state index in [0.29, 0.717) is 57.4 Å². The van der Waals surface area contributed by atoms with Crippen LogP contribution in [0.4, 0.5) is 0 Å². The summed E-state index contributed by atoms with van der Waals surface area (Å²) in [7, 11) is 0. The Hall–Kier alpha value is -3.05. The molecule has 1 aromatic heterocycles. The van der Waals surface area contributed by atoms with E-state index in [9.17, 15) is 24.3 Å². The van der Waals surface area contributed by atoms with Crippen molar-refractivity contribution < 1.29 is 24.3 Å². The Morgan fingerprint density at radius 3 is 2.49 bits per heavy atom. The zero-order chi connectivity index (χ0) is 26.5. The minimum atomic E-state index is -1.03. The molecule has 3 amide bonds. The van der Waals surface area contributed by atoms with Crippen LogP contribution in [0, 0.1) is 0 Å². The Balaban J connectivity index is 1.43. The average molecular weight is 530 g/mol. The summed E-state index contributed by atoms with van der Waals surface area (Å²) in [4.78, 5) is 57.6. The maximum Gasteiger partial charge on any atom is 0.326 e. The lowest BCUT2D eigenvalue weighted by molar-refractivity contribution is -0.149. The minimum Gasteiger partial charge on any atom is -0.480 e. The van der Waals surface area contributed by atoms with Gasteiger partial charge in [-0.1, -0.05) is 18.2 Å². The van der Waals surface area contributed by atoms with Crippen molar-refractivity contribution in [3.05, 3.63) is 36.0 Å². The van der Waals surface area contributed by atoms with E-state index in [1.165, 1.54) is 9.80 Å². The summed E-state index contributed by atoms with van der Waals surface area (Å²) in [5.74, 6) is -1.46. The highest BCUT2D eigenvalue weighted by atomic mass is 32.2. The molecule has 0 radical (unpaired) electrons. The number of likely N-dealkylation sites (tertiary alicyclic amines) is 2. The number of H-pyrrole nitrogens is 1. The molecule has 2 aliphatic rings. The van der Waals surface area contributed by atoms with Crippen molar-refractivity contribution in [1.82, 2.24) is 20.1 Å². The molecule has 2 aromatic rings. The number of rotatable bonds is 10. The summed E-state index contributed by atoms with van der Waals surface area (Å²) in [5, 5.41) is 13.4. The first-order chi connectivity index (χ1) is 17.8. The van der Waals surface area contributed by atoms with Crippen molar-refractivity contribution in [1.29, 1.82) is 0 Å². The van der Waals surface area contributed by atoms with Crippen molar-refractivity contribution in [2.75, 3.05) is 25.1 Å². The van der Waals surface area contributed by atoms with E-state index in [4.69, 9.17) is 5.73 Å². The molecule has 1 aromatic carbocycles. The van der Waals surface area contributed by atoms with Gasteiger partial charge in [-0.2, -0.15) is 11.8 Å². The number of benzene rings is 1. The smallest absolute Gasteiger partial charge is 0.326 e. The van der Waals surface area contributed by atoms with Crippen LogP contribution in [0.15, 0.2) is 30.5 Å². The molecule has 0 spiro atoms. The van der Waals surface area contributed by atoms with Crippen LogP contribution in [0.1, 0.15) is 37.7 Å². The van der Waals surface area contributed by atoms with Gasteiger partial charge in [-0.25, -0.2) is 4.79 Å². The molecular weight excluding hydrogens is 494 g/mol. The number of hydrogen-bond acceptors (Lipinski definition) is 6. The fourth-order valence-corrected chi connectivity index (χ4v) is 5.86. The molecule has 10 nitrogen and oxygen atoms in total. The lowest BCUT2D eigenvalue weighted by atomic mass is 10.0. The third-order valence-corrected chi connectivity index (χ3v) is 7.96. The summed E-state index contributed by atoms with van der Waals surface area (Å²) < 4.78 is 0. The van der Waals surface area contributed by atoms with Crippen LogP contribution >= 0.6 is 11.8 Å². The lowest BCUT2D eigenvalue weighted by Crippen LogP contribution is -2.57. The SMILES string of the molecule is CSCCC(NC(=O)C1CCCN1C(=O)C(N)Cc1c[nH]c2ccccc12)C(=O)N1CCCC1C(=O)O. The highest BCUT2D eigenvalue weighted by Gasteiger charge is 2.40. The van der Waals surface area contributed by atoms with Crippen LogP contribution in [0.3, 0.4) is 0 Å². The van der Waals surface area contributed by atoms with E-state index in [-0.39, 0.29) is 11.8 Å². The van der Waals surface area contributed by atoms with Gasteiger partial charge in [-0.3, -0.25) is 14.4 Å². The molecule has 0 saturated carbocycles. The average Bonchev–Trinajstić information content (AvgIpc) is 3.65. The van der Waals surface area contributed by atoms with Crippen LogP contribution in [0.2, 0.25) is 0 Å². The number of nitrogens with two attached hydrogens (primary N) is 1. The summed E-state index contributed by atoms with van der Waals surface area (Å²) in [5.41, 5.74) is 8.24. The maximum atomic E-state index is 13.3. The number of carboxylic acid groups (broad SMARTS) is 1. The van der Waals surface area contributed by atoms with E-state index >= 15 is 0 Å². The van der Waals surface area contributed by atoms with E-state index < -0.39 is 36.0 Å². The summed E-state index contributed by atoms with van der Waals surface area (Å²) in [6.45, 7) is 0.785. The molecule has 2 saturated heterocycles. The van der Waals surface area contributed by atoms with Crippen molar-refractivity contribution in [2.45, 2.75) is 62.7 Å². The van der Waals surface area contributed by atoms with Gasteiger partial charge in [-0.05, 0) is 62.2 Å². The van der Waals surface area contributed by atoms with Crippen LogP contribution < -0.4 is 11.1 Å². The number of fused-ring (bicyclic) bond motifs is 1. The van der Waals surface area contributed by atoms with Crippen LogP contribution in [-0.2, 0) is 25.6 Å². The van der Waals surface area contributed by atoms with Gasteiger partial charge in [-0.15, -0.1) is 0 Å². The Morgan fingerprint density at radius 2 is 1.78 bits per heavy atom. The topological polar surface area (TPSA) is 149 Å². The molecule has 4 atom stereocenters. The first-order valence-electron chi connectivity index (χ1n) is 12.8. The molecule has 4 rings (SSSR count). The summed E-state index contributed by atoms with van der Waals surface area (Å²) >= 11 is 1.55. The molecule has 2 aliphatic heterocycles. The zero-order valence-corrected chi connectivity index (χ0v) is 21.8. The number of nitrogens with zero attached hydrogens (tertiary/aromatic N) is 2. The van der Waals surface area contributed by atoms with Gasteiger partial charge in [0.25, 0.3) is 0 Å². The highest BCUT2D eigenvalue weighted by molar-refractivity contribution is 7.98. The molecule has 5 N–H and O–H groups in total. The quantitative estimate of drug-likeness (QED) is 0.363. The predicted octanol–water partition coefficient (Wildman–Crippen LogP) is 1.34. The number of carboxylic acids is 1. The number of hydrogen-bond donors (Lipinski definition) is 4. The number of carbonyl (C=O) groups is 4. The first kappa shape index (κ1) is 27.0. The molecule has 11 heteroatoms. The fraction of sp³-hybridized carbons (Fsp3) is 0.538. The molecule has 4 unspecified atom stereocenters. The summed E-state index contributed by atoms with van der Waals surface area (Å²) in [6.07, 6.45) is 6.67. The van der Waals surface area contributed by atoms with Gasteiger partial charge >= 0.3 is 5.97 Å². The maximum absolute atomic E-state index is 13.3. The van der Waals surface area contributed by atoms with Gasteiger partial charge in [0.1, 0.15) is 18.1 Å². The van der Waals surface area contributed by atoms with E-state index in [0.717, 1.165) is 16.5 Å². The number of nitrogens with one attached hydrogen (secondary N) is 2. The van der Waals surface area contributed by atoms with Crippen molar-refractivity contribution in [3.63, 3.8) is 0 Å². The highest BCUT2D eigenvalue weighted by Crippen LogP contribution is 2.23. The summed E-state index contributed by atoms with van der Waals surface area (Å²) in [6, 6.07) is 4.59. The van der Waals surface area contributed by atoms with Gasteiger partial charge in [0.15, 0.2) is 0 Å². The normalized spacial score (nSPS) is 21.2. The van der Waals surface area contributed by atoms with E-state index in [1.54, 1.807) is 11.8 Å². The monoisotopic (exact) mass is 529 g/mol. The molecule has 0 aliphatic carbocycles. The largest absolute Gasteiger partial charge is 0.480 e. The Bertz CT molecular complexity index is 1150. The van der Waals surface area contributed by atoms with Crippen molar-refractivity contribution in [2.24, 2.45) is 5.73 Å². The van der Waals surface area contributed by atoms with Gasteiger partial charge < -0.3 is 30.9 Å². The number of para-hydroxylation sites is 1. The molecular formula is C26H35N5O5S. The number of carbonyl (C=O) groups excluding carboxylic acids is 3. The molecule has 37 heavy (non-hydrogen) atoms. The number of aromatic nitrogens is 1. The van der Waals surface area contributed by atoms with E-state index in [1.807, 2.05) is 36.7 Å². The van der Waals surface area contributed by atoms with Gasteiger partial charge in [0, 0.05) is 30.2 Å². The third kappa shape index (κ3) is 5.93. The second-order valence-corrected chi connectivity index (χ2v) is 10.7. The number of amides is 3. The molecule has 200 valence electrons. The zero-order valence-electron chi connectivity index (χ0n) is 21.0. The second kappa shape index (κ2) is 12.0. The van der Waals surface area contributed by atoms with Crippen LogP contribution in [-0.4, -0.2) is 92.8 Å². The Kier molecular flexibility index (Phi) is 8.75. The predicted molar refractivity (Wildman–Crippen MR) is 142 cm³/mol. The second-order valence-electron chi connectivity index (χ2n) is 9.73. The molecule has 0 bridgehead atoms. The van der Waals surface area contributed by atoms with E-state index in [2.05, 4.69) is 10.3 Å². The Labute approximate surface area is 220 Å². The van der Waals surface area contributed by atoms with Crippen LogP contribution in [0.25, 0.3) is 10.9 Å². The lowest BCUT2D eigenvalue weighted by Gasteiger charge is -2.30. The molecule has 3 heterocycles. The van der Waals surface area contributed by atoms with Gasteiger partial charge in [0.05, 0.1) is 6.04 Å². The first-order valence-corrected chi connectivity index (χ1v) is 14.1. The number of aliphatic carboxylic acids is 1. The minimum absolute atomic E-state index is 0.291. The molecule has 2 fully saturated rings. The number of thioether (sulfide) groups is 1. The van der Waals surface area contributed by atoms with Crippen molar-refractivity contribution in [3.8, 4) is 0 Å². The third-order valence-electron chi connectivity index (χ3n) is 7.32. The fourth-order valence-electron chi connectivity index (χ4n) is 5.39. The van der Waals surface area contributed by atoms with Gasteiger partial charge in [0.2, 0.25) is 17.7 Å². The van der Waals surface area contributed by atoms with Crippen molar-refractivity contribution >= 4 is 46.4 Å². The standard InChI is InChI=1S/C26H35N5O5S/c1-37-13-10-20(25(34)31-12-5-9-22(31)26(35)36)29-23(32)21-8-4-11-30(21)24(33)18(27)14-16-15-28-19-7-3-2-6-17(16)19/h2-3,6-7,15,18,20-22,28H,4-5,8-14,27H2,1H3,(H,29,32)(H,35,36). The number of aromatic amines is 1. The Morgan fingerprint density at radius 1 is 1.11 bits per heavy atom. The van der Waals surface area contributed by atoms with Crippen LogP contribution in [0.5, 0.6) is 0 Å².